The first kappa shape index (κ1) is 32.0. The van der Waals surface area contributed by atoms with Crippen molar-refractivity contribution in [1.82, 2.24) is 10.2 Å². The summed E-state index contributed by atoms with van der Waals surface area (Å²) in [5.41, 5.74) is 6.32. The maximum atomic E-state index is 13.6. The Balaban J connectivity index is 1.81. The minimum atomic E-state index is -1.01. The van der Waals surface area contributed by atoms with E-state index in [4.69, 9.17) is 5.73 Å². The molecule has 0 heterocycles. The summed E-state index contributed by atoms with van der Waals surface area (Å²) in [6.45, 7) is 5.77. The number of hydrogen-bond donors (Lipinski definition) is 6. The average molecular weight is 598 g/mol. The standard InChI is InChI=1S/C31H43N5O7/c1-31(2,3)33-13-21(38)34-18-12-19(35(4)5)17-11-14-10-16-15(8-9-20(37)22(14)28(41)23(17)27(18)40)26(39)24(30(32)43)29(42)25(16)36(6)7/h12,14-16,25,33,39-41H,8-11,13H2,1-7H3,(H2,32,43)(H,34,38)/t14-,15-,16-,25?/m1/s1. The van der Waals surface area contributed by atoms with Gasteiger partial charge in [-0.15, -0.1) is 0 Å². The quantitative estimate of drug-likeness (QED) is 0.209. The zero-order valence-electron chi connectivity index (χ0n) is 25.9. The number of fused-ring (bicyclic) bond motifs is 3. The first-order chi connectivity index (χ1) is 19.9. The number of nitrogens with one attached hydrogen (secondary N) is 2. The molecule has 0 radical (unpaired) electrons. The van der Waals surface area contributed by atoms with Crippen LogP contribution >= 0.6 is 0 Å². The van der Waals surface area contributed by atoms with Crippen molar-refractivity contribution in [2.75, 3.05) is 45.0 Å². The molecule has 0 aromatic heterocycles. The molecule has 1 saturated carbocycles. The number of nitrogens with two attached hydrogens (primary N) is 1. The van der Waals surface area contributed by atoms with E-state index in [0.29, 0.717) is 11.3 Å². The fraction of sp³-hybridized carbons (Fsp3) is 0.548. The second-order valence-electron chi connectivity index (χ2n) is 13.2. The van der Waals surface area contributed by atoms with Crippen LogP contribution in [0.4, 0.5) is 11.4 Å². The normalized spacial score (nSPS) is 24.2. The van der Waals surface area contributed by atoms with Gasteiger partial charge < -0.3 is 36.6 Å². The van der Waals surface area contributed by atoms with Gasteiger partial charge in [0.05, 0.1) is 23.8 Å². The van der Waals surface area contributed by atoms with Crippen LogP contribution in [-0.4, -0.2) is 89.9 Å². The van der Waals surface area contributed by atoms with E-state index in [0.717, 1.165) is 0 Å². The third kappa shape index (κ3) is 5.98. The smallest absolute Gasteiger partial charge is 0.255 e. The second kappa shape index (κ2) is 11.6. The minimum absolute atomic E-state index is 0.00195. The first-order valence-electron chi connectivity index (χ1n) is 14.5. The average Bonchev–Trinajstić information content (AvgIpc) is 2.86. The number of benzene rings is 1. The van der Waals surface area contributed by atoms with Crippen LogP contribution in [0.15, 0.2) is 23.0 Å². The summed E-state index contributed by atoms with van der Waals surface area (Å²) in [7, 11) is 7.02. The molecule has 3 aliphatic carbocycles. The van der Waals surface area contributed by atoms with Crippen molar-refractivity contribution >= 4 is 40.5 Å². The summed E-state index contributed by atoms with van der Waals surface area (Å²) < 4.78 is 0. The predicted molar refractivity (Wildman–Crippen MR) is 163 cm³/mol. The lowest BCUT2D eigenvalue weighted by molar-refractivity contribution is -0.128. The highest BCUT2D eigenvalue weighted by molar-refractivity contribution is 6.21. The lowest BCUT2D eigenvalue weighted by Gasteiger charge is -2.44. The number of carbonyl (C=O) groups excluding carboxylic acids is 4. The molecule has 12 heteroatoms. The number of aliphatic hydroxyl groups excluding tert-OH is 2. The Hall–Kier alpha value is -3.90. The molecule has 4 atom stereocenters. The number of carbonyl (C=O) groups is 4. The monoisotopic (exact) mass is 597 g/mol. The van der Waals surface area contributed by atoms with Crippen LogP contribution < -0.4 is 21.3 Å². The number of aliphatic hydroxyl groups is 2. The van der Waals surface area contributed by atoms with E-state index < -0.39 is 41.1 Å². The van der Waals surface area contributed by atoms with Crippen molar-refractivity contribution < 1.29 is 34.5 Å². The maximum Gasteiger partial charge on any atom is 0.255 e. The molecule has 7 N–H and O–H groups in total. The van der Waals surface area contributed by atoms with Crippen molar-refractivity contribution in [1.29, 1.82) is 0 Å². The zero-order valence-corrected chi connectivity index (χ0v) is 25.9. The third-order valence-electron chi connectivity index (χ3n) is 8.66. The molecule has 2 amide bonds. The summed E-state index contributed by atoms with van der Waals surface area (Å²) in [6.07, 6.45) is 0.593. The van der Waals surface area contributed by atoms with Crippen LogP contribution in [0.1, 0.15) is 51.2 Å². The molecule has 234 valence electrons. The SMILES string of the molecule is CN(C)c1cc(NC(=O)CNC(C)(C)C)c(O)c2c1C[C@H]1C[C@H]3C(N(C)C)C(=O)C(C(N)=O)=C(O)[C@@H]3CCC(=O)C1=C2O. The molecule has 0 bridgehead atoms. The van der Waals surface area contributed by atoms with Crippen molar-refractivity contribution in [2.45, 2.75) is 58.0 Å². The van der Waals surface area contributed by atoms with Gasteiger partial charge in [-0.1, -0.05) is 0 Å². The molecular formula is C31H43N5O7. The maximum absolute atomic E-state index is 13.6. The molecule has 1 aromatic rings. The van der Waals surface area contributed by atoms with Gasteiger partial charge in [0.25, 0.3) is 5.91 Å². The highest BCUT2D eigenvalue weighted by Gasteiger charge is 2.50. The fourth-order valence-corrected chi connectivity index (χ4v) is 6.77. The van der Waals surface area contributed by atoms with Crippen LogP contribution in [0.3, 0.4) is 0 Å². The van der Waals surface area contributed by atoms with Gasteiger partial charge in [-0.2, -0.15) is 0 Å². The highest BCUT2D eigenvalue weighted by Crippen LogP contribution is 2.51. The third-order valence-corrected chi connectivity index (χ3v) is 8.66. The van der Waals surface area contributed by atoms with Gasteiger partial charge in [0.2, 0.25) is 5.91 Å². The van der Waals surface area contributed by atoms with Crippen molar-refractivity contribution in [3.8, 4) is 5.75 Å². The van der Waals surface area contributed by atoms with E-state index >= 15 is 0 Å². The molecule has 43 heavy (non-hydrogen) atoms. The Morgan fingerprint density at radius 1 is 1.09 bits per heavy atom. The Bertz CT molecular complexity index is 1440. The number of likely N-dealkylation sites (N-methyl/N-ethyl adjacent to an activating group) is 1. The number of Topliss-reactive ketones (excluding diaryl/α,β-unsaturated/α-hetero) is 2. The van der Waals surface area contributed by atoms with Gasteiger partial charge in [0.1, 0.15) is 22.8 Å². The summed E-state index contributed by atoms with van der Waals surface area (Å²) >= 11 is 0. The van der Waals surface area contributed by atoms with Gasteiger partial charge in [-0.05, 0) is 77.6 Å². The second-order valence-corrected chi connectivity index (χ2v) is 13.2. The Labute approximate surface area is 251 Å². The first-order valence-corrected chi connectivity index (χ1v) is 14.5. The van der Waals surface area contributed by atoms with Gasteiger partial charge >= 0.3 is 0 Å². The predicted octanol–water partition coefficient (Wildman–Crippen LogP) is 2.02. The van der Waals surface area contributed by atoms with Crippen LogP contribution in [0.2, 0.25) is 0 Å². The number of phenolic OH excluding ortho intramolecular Hbond substituents is 1. The molecule has 1 unspecified atom stereocenters. The molecular weight excluding hydrogens is 554 g/mol. The molecule has 4 rings (SSSR count). The number of rotatable bonds is 6. The van der Waals surface area contributed by atoms with Crippen molar-refractivity contribution in [2.24, 2.45) is 23.5 Å². The van der Waals surface area contributed by atoms with Crippen LogP contribution in [-0.2, 0) is 25.6 Å². The number of aromatic hydroxyl groups is 1. The lowest BCUT2D eigenvalue weighted by Crippen LogP contribution is -2.52. The largest absolute Gasteiger partial charge is 0.511 e. The van der Waals surface area contributed by atoms with Crippen molar-refractivity contribution in [3.05, 3.63) is 34.1 Å². The molecule has 12 nitrogen and oxygen atoms in total. The number of hydrogen-bond acceptors (Lipinski definition) is 10. The van der Waals surface area contributed by atoms with E-state index in [-0.39, 0.29) is 83.5 Å². The number of phenols is 1. The number of ketones is 2. The van der Waals surface area contributed by atoms with Gasteiger partial charge in [-0.25, -0.2) is 0 Å². The zero-order chi connectivity index (χ0) is 32.1. The van der Waals surface area contributed by atoms with E-state index in [1.165, 1.54) is 0 Å². The van der Waals surface area contributed by atoms with Crippen molar-refractivity contribution in [3.63, 3.8) is 0 Å². The summed E-state index contributed by atoms with van der Waals surface area (Å²) in [5, 5.41) is 39.9. The highest BCUT2D eigenvalue weighted by atomic mass is 16.3. The van der Waals surface area contributed by atoms with Crippen LogP contribution in [0.5, 0.6) is 5.75 Å². The lowest BCUT2D eigenvalue weighted by atomic mass is 9.64. The number of primary amides is 1. The molecule has 3 aliphatic rings. The molecule has 0 aliphatic heterocycles. The van der Waals surface area contributed by atoms with Crippen LogP contribution in [0.25, 0.3) is 5.76 Å². The Morgan fingerprint density at radius 2 is 1.74 bits per heavy atom. The molecule has 1 aromatic carbocycles. The number of anilines is 2. The number of allylic oxidation sites excluding steroid dienone is 2. The summed E-state index contributed by atoms with van der Waals surface area (Å²) in [6, 6.07) is 0.859. The molecule has 0 spiro atoms. The van der Waals surface area contributed by atoms with Gasteiger partial charge in [0.15, 0.2) is 11.6 Å². The van der Waals surface area contributed by atoms with Crippen LogP contribution in [0, 0.1) is 17.8 Å². The van der Waals surface area contributed by atoms with E-state index in [1.807, 2.05) is 20.8 Å². The van der Waals surface area contributed by atoms with E-state index in [1.54, 1.807) is 44.1 Å². The summed E-state index contributed by atoms with van der Waals surface area (Å²) in [5.74, 6) is -5.06. The molecule has 1 fully saturated rings. The van der Waals surface area contributed by atoms with E-state index in [9.17, 15) is 34.5 Å². The Kier molecular flexibility index (Phi) is 8.67. The van der Waals surface area contributed by atoms with E-state index in [2.05, 4.69) is 10.6 Å². The number of nitrogens with zero attached hydrogens (tertiary/aromatic N) is 2. The number of amides is 2. The topological polar surface area (TPSA) is 186 Å². The summed E-state index contributed by atoms with van der Waals surface area (Å²) in [4.78, 5) is 55.4. The fourth-order valence-electron chi connectivity index (χ4n) is 6.77. The Morgan fingerprint density at radius 3 is 2.30 bits per heavy atom. The minimum Gasteiger partial charge on any atom is -0.511 e. The van der Waals surface area contributed by atoms with Gasteiger partial charge in [0, 0.05) is 43.2 Å². The molecule has 0 saturated heterocycles. The van der Waals surface area contributed by atoms with Gasteiger partial charge in [-0.3, -0.25) is 24.1 Å².